The molecule has 0 radical (unpaired) electrons. The normalized spacial score (nSPS) is 7.06. The van der Waals surface area contributed by atoms with Crippen molar-refractivity contribution in [2.45, 2.75) is 40.5 Å². The van der Waals surface area contributed by atoms with Gasteiger partial charge in [-0.1, -0.05) is 65.3 Å². The van der Waals surface area contributed by atoms with E-state index in [0.29, 0.717) is 5.75 Å². The molecule has 0 unspecified atom stereocenters. The summed E-state index contributed by atoms with van der Waals surface area (Å²) in [6.07, 6.45) is 4.37. The van der Waals surface area contributed by atoms with Crippen molar-refractivity contribution in [1.29, 1.82) is 5.41 Å². The SMILES string of the molecule is C=Cc1ccc(O)cc1.C=N.CC.CCCC. The zero-order valence-corrected chi connectivity index (χ0v) is 11.7. The first-order valence-corrected chi connectivity index (χ1v) is 6.01. The van der Waals surface area contributed by atoms with Gasteiger partial charge in [0.2, 0.25) is 0 Å². The van der Waals surface area contributed by atoms with E-state index in [2.05, 4.69) is 27.1 Å². The van der Waals surface area contributed by atoms with E-state index in [1.54, 1.807) is 18.2 Å². The first-order chi connectivity index (χ1) is 8.24. The highest BCUT2D eigenvalue weighted by atomic mass is 16.3. The van der Waals surface area contributed by atoms with E-state index in [-0.39, 0.29) is 0 Å². The second kappa shape index (κ2) is 19.9. The maximum Gasteiger partial charge on any atom is 0.115 e. The van der Waals surface area contributed by atoms with E-state index in [4.69, 9.17) is 10.5 Å². The molecule has 0 bridgehead atoms. The van der Waals surface area contributed by atoms with Crippen LogP contribution in [0.4, 0.5) is 0 Å². The van der Waals surface area contributed by atoms with Crippen LogP contribution in [0, 0.1) is 5.41 Å². The first-order valence-electron chi connectivity index (χ1n) is 6.01. The number of unbranched alkanes of at least 4 members (excludes halogenated alkanes) is 1. The summed E-state index contributed by atoms with van der Waals surface area (Å²) < 4.78 is 0. The van der Waals surface area contributed by atoms with Gasteiger partial charge in [0.1, 0.15) is 5.75 Å². The number of hydrogen-bond donors (Lipinski definition) is 2. The summed E-state index contributed by atoms with van der Waals surface area (Å²) >= 11 is 0. The van der Waals surface area contributed by atoms with Gasteiger partial charge >= 0.3 is 0 Å². The van der Waals surface area contributed by atoms with Gasteiger partial charge in [-0.25, -0.2) is 0 Å². The molecule has 0 amide bonds. The van der Waals surface area contributed by atoms with Crippen molar-refractivity contribution < 1.29 is 5.11 Å². The topological polar surface area (TPSA) is 44.1 Å². The molecular formula is C15H27NO. The molecule has 1 rings (SSSR count). The highest BCUT2D eigenvalue weighted by molar-refractivity contribution is 5.47. The average Bonchev–Trinajstić information content (AvgIpc) is 2.44. The minimum absolute atomic E-state index is 0.292. The van der Waals surface area contributed by atoms with Gasteiger partial charge in [-0.15, -0.1) is 0 Å². The van der Waals surface area contributed by atoms with Crippen LogP contribution in [0.5, 0.6) is 5.75 Å². The summed E-state index contributed by atoms with van der Waals surface area (Å²) in [5.41, 5.74) is 1.02. The quantitative estimate of drug-likeness (QED) is 0.688. The number of nitrogens with one attached hydrogen (secondary N) is 1. The predicted molar refractivity (Wildman–Crippen MR) is 80.0 cm³/mol. The number of rotatable bonds is 2. The molecule has 0 aliphatic carbocycles. The van der Waals surface area contributed by atoms with Crippen molar-refractivity contribution >= 4 is 12.8 Å². The molecule has 0 saturated carbocycles. The third-order valence-electron chi connectivity index (χ3n) is 1.63. The van der Waals surface area contributed by atoms with Gasteiger partial charge in [-0.2, -0.15) is 0 Å². The molecule has 0 heterocycles. The van der Waals surface area contributed by atoms with Crippen LogP contribution in [0.3, 0.4) is 0 Å². The third kappa shape index (κ3) is 17.1. The molecule has 0 saturated heterocycles. The Hall–Kier alpha value is -1.57. The van der Waals surface area contributed by atoms with E-state index >= 15 is 0 Å². The maximum absolute atomic E-state index is 8.82. The van der Waals surface area contributed by atoms with Gasteiger partial charge < -0.3 is 10.5 Å². The molecular weight excluding hydrogens is 210 g/mol. The average molecular weight is 237 g/mol. The Labute approximate surface area is 107 Å². The van der Waals surface area contributed by atoms with Crippen LogP contribution in [-0.2, 0) is 0 Å². The van der Waals surface area contributed by atoms with Crippen LogP contribution in [0.25, 0.3) is 6.08 Å². The van der Waals surface area contributed by atoms with Crippen LogP contribution < -0.4 is 0 Å². The highest BCUT2D eigenvalue weighted by Crippen LogP contribution is 2.09. The van der Waals surface area contributed by atoms with E-state index in [9.17, 15) is 0 Å². The van der Waals surface area contributed by atoms with E-state index < -0.39 is 0 Å². The van der Waals surface area contributed by atoms with Crippen LogP contribution in [0.2, 0.25) is 0 Å². The Kier molecular flexibility index (Phi) is 24.4. The lowest BCUT2D eigenvalue weighted by atomic mass is 10.2. The van der Waals surface area contributed by atoms with E-state index in [1.165, 1.54) is 12.8 Å². The molecule has 98 valence electrons. The molecule has 0 atom stereocenters. The Bertz CT molecular complexity index is 240. The summed E-state index contributed by atoms with van der Waals surface area (Å²) in [4.78, 5) is 0. The van der Waals surface area contributed by atoms with Gasteiger partial charge in [0.15, 0.2) is 0 Å². The van der Waals surface area contributed by atoms with Gasteiger partial charge in [0.25, 0.3) is 0 Å². The minimum Gasteiger partial charge on any atom is -0.508 e. The fraction of sp³-hybridized carbons (Fsp3) is 0.400. The molecule has 0 fully saturated rings. The molecule has 17 heavy (non-hydrogen) atoms. The van der Waals surface area contributed by atoms with Crippen LogP contribution in [0.15, 0.2) is 30.8 Å². The third-order valence-corrected chi connectivity index (χ3v) is 1.63. The van der Waals surface area contributed by atoms with Crippen molar-refractivity contribution in [3.63, 3.8) is 0 Å². The number of phenolic OH excluding ortho intramolecular Hbond substituents is 1. The Morgan fingerprint density at radius 3 is 1.65 bits per heavy atom. The number of aromatic hydroxyl groups is 1. The lowest BCUT2D eigenvalue weighted by Crippen LogP contribution is -1.67. The van der Waals surface area contributed by atoms with Crippen molar-refractivity contribution in [1.82, 2.24) is 0 Å². The summed E-state index contributed by atoms with van der Waals surface area (Å²) in [7, 11) is 0. The number of benzene rings is 1. The van der Waals surface area contributed by atoms with Crippen LogP contribution in [0.1, 0.15) is 46.1 Å². The second-order valence-electron chi connectivity index (χ2n) is 2.80. The van der Waals surface area contributed by atoms with Crippen molar-refractivity contribution in [3.05, 3.63) is 36.4 Å². The van der Waals surface area contributed by atoms with Gasteiger partial charge in [-0.05, 0) is 24.4 Å². The maximum atomic E-state index is 8.82. The fourth-order valence-electron chi connectivity index (χ4n) is 0.610. The van der Waals surface area contributed by atoms with Gasteiger partial charge in [-0.3, -0.25) is 0 Å². The smallest absolute Gasteiger partial charge is 0.115 e. The standard InChI is InChI=1S/C8H8O.C4H10.C2H6.CH3N/c1-2-7-3-5-8(9)6-4-7;1-3-4-2;2*1-2/h2-6,9H,1H2;3-4H2,1-2H3;1-2H3;2H,1H2. The van der Waals surface area contributed by atoms with Gasteiger partial charge in [0, 0.05) is 0 Å². The van der Waals surface area contributed by atoms with Crippen LogP contribution in [-0.4, -0.2) is 11.8 Å². The molecule has 0 spiro atoms. The minimum atomic E-state index is 0.292. The summed E-state index contributed by atoms with van der Waals surface area (Å²) in [6, 6.07) is 6.89. The van der Waals surface area contributed by atoms with Crippen molar-refractivity contribution in [2.24, 2.45) is 0 Å². The molecule has 0 aromatic heterocycles. The Morgan fingerprint density at radius 2 is 1.41 bits per heavy atom. The Morgan fingerprint density at radius 1 is 1.06 bits per heavy atom. The monoisotopic (exact) mass is 237 g/mol. The molecule has 1 aromatic rings. The zero-order chi connectivity index (χ0) is 14.1. The zero-order valence-electron chi connectivity index (χ0n) is 11.7. The van der Waals surface area contributed by atoms with Gasteiger partial charge in [0.05, 0.1) is 0 Å². The van der Waals surface area contributed by atoms with E-state index in [1.807, 2.05) is 26.0 Å². The predicted octanol–water partition coefficient (Wildman–Crippen LogP) is 5.13. The Balaban J connectivity index is -0.000000208. The fourth-order valence-corrected chi connectivity index (χ4v) is 0.610. The van der Waals surface area contributed by atoms with Crippen molar-refractivity contribution in [2.75, 3.05) is 0 Å². The van der Waals surface area contributed by atoms with E-state index in [0.717, 1.165) is 5.56 Å². The highest BCUT2D eigenvalue weighted by Gasteiger charge is 1.84. The molecule has 1 aromatic carbocycles. The number of hydrogen-bond acceptors (Lipinski definition) is 2. The number of phenols is 1. The lowest BCUT2D eigenvalue weighted by Gasteiger charge is -1.90. The van der Waals surface area contributed by atoms with Crippen LogP contribution >= 0.6 is 0 Å². The first kappa shape index (κ1) is 20.8. The molecule has 0 aliphatic heterocycles. The summed E-state index contributed by atoms with van der Waals surface area (Å²) in [5.74, 6) is 0.292. The summed E-state index contributed by atoms with van der Waals surface area (Å²) in [5, 5.41) is 14.3. The lowest BCUT2D eigenvalue weighted by molar-refractivity contribution is 0.475. The summed E-state index contributed by atoms with van der Waals surface area (Å²) in [6.45, 7) is 14.4. The van der Waals surface area contributed by atoms with Crippen molar-refractivity contribution in [3.8, 4) is 5.75 Å². The molecule has 2 nitrogen and oxygen atoms in total. The largest absolute Gasteiger partial charge is 0.508 e. The molecule has 2 N–H and O–H groups in total. The molecule has 2 heteroatoms. The second-order valence-corrected chi connectivity index (χ2v) is 2.80. The molecule has 0 aliphatic rings.